The lowest BCUT2D eigenvalue weighted by molar-refractivity contribution is -0.117. The number of amides is 1. The van der Waals surface area contributed by atoms with Crippen molar-refractivity contribution in [3.05, 3.63) is 57.9 Å². The molecule has 0 saturated carbocycles. The molecule has 3 rings (SSSR count). The molecular weight excluding hydrogens is 376 g/mol. The van der Waals surface area contributed by atoms with Crippen molar-refractivity contribution in [1.29, 1.82) is 0 Å². The van der Waals surface area contributed by atoms with E-state index in [1.165, 1.54) is 18.4 Å². The summed E-state index contributed by atoms with van der Waals surface area (Å²) in [4.78, 5) is 29.2. The lowest BCUT2D eigenvalue weighted by Gasteiger charge is -2.06. The third-order valence-corrected chi connectivity index (χ3v) is 5.50. The van der Waals surface area contributed by atoms with Crippen LogP contribution < -0.4 is 9.54 Å². The van der Waals surface area contributed by atoms with Crippen molar-refractivity contribution in [2.24, 2.45) is 4.99 Å². The van der Waals surface area contributed by atoms with Gasteiger partial charge in [0.1, 0.15) is 5.75 Å². The van der Waals surface area contributed by atoms with Gasteiger partial charge in [-0.05, 0) is 49.2 Å². The Labute approximate surface area is 167 Å². The van der Waals surface area contributed by atoms with Gasteiger partial charge in [-0.15, -0.1) is 0 Å². The van der Waals surface area contributed by atoms with Crippen molar-refractivity contribution in [3.63, 3.8) is 0 Å². The number of thiazole rings is 1. The van der Waals surface area contributed by atoms with Crippen LogP contribution in [0, 0.1) is 6.92 Å². The number of rotatable bonds is 5. The molecule has 0 aliphatic heterocycles. The Kier molecular flexibility index (Phi) is 5.94. The second-order valence-electron chi connectivity index (χ2n) is 6.29. The molecule has 0 spiro atoms. The minimum Gasteiger partial charge on any atom is -0.496 e. The molecule has 28 heavy (non-hydrogen) atoms. The number of aromatic nitrogens is 1. The van der Waals surface area contributed by atoms with Crippen molar-refractivity contribution < 1.29 is 19.1 Å². The van der Waals surface area contributed by atoms with Gasteiger partial charge in [0, 0.05) is 6.54 Å². The van der Waals surface area contributed by atoms with Gasteiger partial charge in [-0.1, -0.05) is 23.5 Å². The lowest BCUT2D eigenvalue weighted by atomic mass is 10.1. The summed E-state index contributed by atoms with van der Waals surface area (Å²) in [5.74, 6) is 0.192. The SMILES string of the molecule is CCn1c(=NC(=O)Cc2ccc(OC)c(C)c2)sc2cc(C(=O)OC)ccc21. The third kappa shape index (κ3) is 3.99. The second-order valence-corrected chi connectivity index (χ2v) is 7.30. The minimum atomic E-state index is -0.386. The molecule has 0 unspecified atom stereocenters. The van der Waals surface area contributed by atoms with E-state index in [2.05, 4.69) is 4.99 Å². The molecule has 0 aliphatic rings. The molecule has 6 nitrogen and oxygen atoms in total. The summed E-state index contributed by atoms with van der Waals surface area (Å²) in [5, 5.41) is 0. The minimum absolute atomic E-state index is 0.216. The quantitative estimate of drug-likeness (QED) is 0.617. The van der Waals surface area contributed by atoms with Crippen LogP contribution in [0.4, 0.5) is 0 Å². The molecule has 0 fully saturated rings. The Bertz CT molecular complexity index is 1110. The van der Waals surface area contributed by atoms with Gasteiger partial charge in [-0.2, -0.15) is 4.99 Å². The summed E-state index contributed by atoms with van der Waals surface area (Å²) in [6.07, 6.45) is 0.218. The molecule has 146 valence electrons. The molecule has 0 saturated heterocycles. The first kappa shape index (κ1) is 19.8. The molecule has 2 aromatic carbocycles. The number of fused-ring (bicyclic) bond motifs is 1. The van der Waals surface area contributed by atoms with E-state index in [1.807, 2.05) is 42.7 Å². The van der Waals surface area contributed by atoms with Crippen LogP contribution in [0.25, 0.3) is 10.2 Å². The van der Waals surface area contributed by atoms with Crippen LogP contribution in [0.1, 0.15) is 28.4 Å². The van der Waals surface area contributed by atoms with E-state index in [1.54, 1.807) is 19.2 Å². The fourth-order valence-corrected chi connectivity index (χ4v) is 4.23. The molecule has 0 radical (unpaired) electrons. The van der Waals surface area contributed by atoms with Crippen LogP contribution in [0.2, 0.25) is 0 Å². The van der Waals surface area contributed by atoms with Crippen molar-refractivity contribution >= 4 is 33.4 Å². The molecule has 1 amide bonds. The van der Waals surface area contributed by atoms with Gasteiger partial charge in [-0.3, -0.25) is 4.79 Å². The zero-order chi connectivity index (χ0) is 20.3. The van der Waals surface area contributed by atoms with Crippen LogP contribution in [0.3, 0.4) is 0 Å². The number of carbonyl (C=O) groups excluding carboxylic acids is 2. The van der Waals surface area contributed by atoms with Gasteiger partial charge in [0.15, 0.2) is 4.80 Å². The average Bonchev–Trinajstić information content (AvgIpc) is 3.03. The highest BCUT2D eigenvalue weighted by Crippen LogP contribution is 2.21. The zero-order valence-corrected chi connectivity index (χ0v) is 17.1. The van der Waals surface area contributed by atoms with E-state index in [0.29, 0.717) is 16.9 Å². The first-order valence-corrected chi connectivity index (χ1v) is 9.71. The Balaban J connectivity index is 1.94. The molecule has 1 aromatic heterocycles. The maximum atomic E-state index is 12.5. The third-order valence-electron chi connectivity index (χ3n) is 4.46. The van der Waals surface area contributed by atoms with Gasteiger partial charge in [-0.25, -0.2) is 4.79 Å². The maximum Gasteiger partial charge on any atom is 0.337 e. The molecular formula is C21H22N2O4S. The predicted octanol–water partition coefficient (Wildman–Crippen LogP) is 3.50. The Hall–Kier alpha value is -2.93. The number of ether oxygens (including phenoxy) is 2. The molecule has 7 heteroatoms. The number of benzene rings is 2. The summed E-state index contributed by atoms with van der Waals surface area (Å²) in [6.45, 7) is 4.61. The van der Waals surface area contributed by atoms with Crippen molar-refractivity contribution in [2.75, 3.05) is 14.2 Å². The summed E-state index contributed by atoms with van der Waals surface area (Å²) >= 11 is 1.39. The lowest BCUT2D eigenvalue weighted by Crippen LogP contribution is -2.16. The van der Waals surface area contributed by atoms with E-state index < -0.39 is 0 Å². The predicted molar refractivity (Wildman–Crippen MR) is 109 cm³/mol. The molecule has 0 N–H and O–H groups in total. The topological polar surface area (TPSA) is 69.9 Å². The second kappa shape index (κ2) is 8.39. The molecule has 0 atom stereocenters. The zero-order valence-electron chi connectivity index (χ0n) is 16.3. The van der Waals surface area contributed by atoms with Crippen LogP contribution in [-0.2, 0) is 22.5 Å². The van der Waals surface area contributed by atoms with Gasteiger partial charge in [0.05, 0.1) is 36.4 Å². The Morgan fingerprint density at radius 3 is 2.57 bits per heavy atom. The van der Waals surface area contributed by atoms with E-state index in [-0.39, 0.29) is 18.3 Å². The number of nitrogens with zero attached hydrogens (tertiary/aromatic N) is 2. The highest BCUT2D eigenvalue weighted by atomic mass is 32.1. The largest absolute Gasteiger partial charge is 0.496 e. The van der Waals surface area contributed by atoms with Gasteiger partial charge < -0.3 is 14.0 Å². The van der Waals surface area contributed by atoms with Crippen LogP contribution >= 0.6 is 11.3 Å². The van der Waals surface area contributed by atoms with Crippen molar-refractivity contribution in [2.45, 2.75) is 26.8 Å². The summed E-state index contributed by atoms with van der Waals surface area (Å²) in [6, 6.07) is 11.0. The summed E-state index contributed by atoms with van der Waals surface area (Å²) < 4.78 is 12.9. The first-order chi connectivity index (χ1) is 13.5. The van der Waals surface area contributed by atoms with Crippen molar-refractivity contribution in [3.8, 4) is 5.75 Å². The molecule has 3 aromatic rings. The summed E-state index contributed by atoms with van der Waals surface area (Å²) in [7, 11) is 2.98. The number of methoxy groups -OCH3 is 2. The normalized spacial score (nSPS) is 11.6. The number of esters is 1. The monoisotopic (exact) mass is 398 g/mol. The average molecular weight is 398 g/mol. The number of hydrogen-bond acceptors (Lipinski definition) is 5. The Morgan fingerprint density at radius 2 is 1.93 bits per heavy atom. The number of aryl methyl sites for hydroxylation is 2. The van der Waals surface area contributed by atoms with Gasteiger partial charge >= 0.3 is 5.97 Å². The fourth-order valence-electron chi connectivity index (χ4n) is 3.08. The number of hydrogen-bond donors (Lipinski definition) is 0. The highest BCUT2D eigenvalue weighted by molar-refractivity contribution is 7.16. The van der Waals surface area contributed by atoms with Crippen LogP contribution in [0.5, 0.6) is 5.75 Å². The smallest absolute Gasteiger partial charge is 0.337 e. The number of carbonyl (C=O) groups is 2. The molecule has 1 heterocycles. The van der Waals surface area contributed by atoms with Crippen molar-refractivity contribution in [1.82, 2.24) is 4.57 Å². The fraction of sp³-hybridized carbons (Fsp3) is 0.286. The van der Waals surface area contributed by atoms with E-state index in [9.17, 15) is 9.59 Å². The maximum absolute atomic E-state index is 12.5. The molecule has 0 aliphatic carbocycles. The Morgan fingerprint density at radius 1 is 1.14 bits per heavy atom. The van der Waals surface area contributed by atoms with Gasteiger partial charge in [0.2, 0.25) is 0 Å². The van der Waals surface area contributed by atoms with E-state index in [0.717, 1.165) is 27.1 Å². The van der Waals surface area contributed by atoms with E-state index >= 15 is 0 Å². The standard InChI is InChI=1S/C21H22N2O4S/c1-5-23-16-8-7-15(20(25)27-4)12-18(16)28-21(23)22-19(24)11-14-6-9-17(26-3)13(2)10-14/h6-10,12H,5,11H2,1-4H3. The van der Waals surface area contributed by atoms with Crippen LogP contribution in [-0.4, -0.2) is 30.7 Å². The highest BCUT2D eigenvalue weighted by Gasteiger charge is 2.12. The van der Waals surface area contributed by atoms with Gasteiger partial charge in [0.25, 0.3) is 5.91 Å². The first-order valence-electron chi connectivity index (χ1n) is 8.89. The summed E-state index contributed by atoms with van der Waals surface area (Å²) in [5.41, 5.74) is 3.29. The molecule has 0 bridgehead atoms. The van der Waals surface area contributed by atoms with Crippen LogP contribution in [0.15, 0.2) is 41.4 Å². The van der Waals surface area contributed by atoms with E-state index in [4.69, 9.17) is 9.47 Å².